The second kappa shape index (κ2) is 5.56. The number of hydrogen-bond acceptors (Lipinski definition) is 2. The monoisotopic (exact) mass is 214 g/mol. The van der Waals surface area contributed by atoms with E-state index in [2.05, 4.69) is 0 Å². The lowest BCUT2D eigenvalue weighted by atomic mass is 10.1. The van der Waals surface area contributed by atoms with Gasteiger partial charge in [0.2, 0.25) is 0 Å². The molecule has 0 heterocycles. The Morgan fingerprint density at radius 1 is 1.33 bits per heavy atom. The first-order valence-corrected chi connectivity index (χ1v) is 4.71. The number of Topliss-reactive ketones (excluding diaryl/α,β-unsaturated/α-hetero) is 1. The Hall–Kier alpha value is -1.29. The number of carbonyl (C=O) groups excluding carboxylic acids is 1. The Kier molecular flexibility index (Phi) is 4.37. The molecule has 0 saturated carbocycles. The highest BCUT2D eigenvalue weighted by molar-refractivity contribution is 5.97. The average molecular weight is 214 g/mol. The van der Waals surface area contributed by atoms with Crippen LogP contribution in [0.4, 0.5) is 8.78 Å². The lowest BCUT2D eigenvalue weighted by molar-refractivity contribution is 0.0761. The normalized spacial score (nSPS) is 10.3. The fourth-order valence-electron chi connectivity index (χ4n) is 1.06. The predicted molar refractivity (Wildman–Crippen MR) is 51.8 cm³/mol. The summed E-state index contributed by atoms with van der Waals surface area (Å²) in [6, 6.07) is 3.06. The van der Waals surface area contributed by atoms with E-state index in [1.54, 1.807) is 0 Å². The third kappa shape index (κ3) is 3.40. The van der Waals surface area contributed by atoms with Gasteiger partial charge in [-0.1, -0.05) is 6.92 Å². The van der Waals surface area contributed by atoms with Crippen molar-refractivity contribution in [1.29, 1.82) is 0 Å². The van der Waals surface area contributed by atoms with Crippen LogP contribution >= 0.6 is 0 Å². The van der Waals surface area contributed by atoms with Gasteiger partial charge in [-0.25, -0.2) is 8.78 Å². The molecule has 0 amide bonds. The molecule has 1 aromatic rings. The quantitative estimate of drug-likeness (QED) is 0.556. The van der Waals surface area contributed by atoms with Gasteiger partial charge in [0, 0.05) is 12.2 Å². The van der Waals surface area contributed by atoms with Gasteiger partial charge in [0.15, 0.2) is 17.4 Å². The predicted octanol–water partition coefficient (Wildman–Crippen LogP) is 2.57. The summed E-state index contributed by atoms with van der Waals surface area (Å²) in [5.41, 5.74) is 0.130. The van der Waals surface area contributed by atoms with Crippen molar-refractivity contribution in [2.45, 2.75) is 13.3 Å². The summed E-state index contributed by atoms with van der Waals surface area (Å²) in [4.78, 5) is 11.4. The van der Waals surface area contributed by atoms with Crippen LogP contribution in [-0.4, -0.2) is 19.0 Å². The molecule has 0 radical (unpaired) electrons. The van der Waals surface area contributed by atoms with E-state index in [0.717, 1.165) is 18.6 Å². The van der Waals surface area contributed by atoms with Crippen molar-refractivity contribution in [2.24, 2.45) is 0 Å². The molecule has 4 heteroatoms. The number of halogens is 2. The Balaban J connectivity index is 2.62. The molecular weight excluding hydrogens is 202 g/mol. The zero-order valence-corrected chi connectivity index (χ0v) is 8.43. The summed E-state index contributed by atoms with van der Waals surface area (Å²) in [5, 5.41) is 0. The minimum absolute atomic E-state index is 0.0983. The zero-order chi connectivity index (χ0) is 11.3. The van der Waals surface area contributed by atoms with Crippen LogP contribution in [0.25, 0.3) is 0 Å². The first-order valence-electron chi connectivity index (χ1n) is 4.71. The van der Waals surface area contributed by atoms with Crippen molar-refractivity contribution in [3.8, 4) is 0 Å². The SMILES string of the molecule is CCCOCC(=O)c1ccc(F)c(F)c1. The van der Waals surface area contributed by atoms with Crippen LogP contribution in [0.15, 0.2) is 18.2 Å². The molecule has 82 valence electrons. The number of rotatable bonds is 5. The molecule has 0 aromatic heterocycles. The largest absolute Gasteiger partial charge is 0.373 e. The van der Waals surface area contributed by atoms with Gasteiger partial charge in [-0.05, 0) is 24.6 Å². The molecule has 1 aromatic carbocycles. The van der Waals surface area contributed by atoms with Gasteiger partial charge in [0.25, 0.3) is 0 Å². The molecule has 0 aliphatic heterocycles. The molecule has 0 atom stereocenters. The molecule has 0 bridgehead atoms. The van der Waals surface area contributed by atoms with Crippen molar-refractivity contribution < 1.29 is 18.3 Å². The summed E-state index contributed by atoms with van der Waals surface area (Å²) in [6.45, 7) is 2.30. The fourth-order valence-corrected chi connectivity index (χ4v) is 1.06. The van der Waals surface area contributed by atoms with Crippen molar-refractivity contribution in [3.05, 3.63) is 35.4 Å². The van der Waals surface area contributed by atoms with E-state index >= 15 is 0 Å². The molecule has 1 rings (SSSR count). The van der Waals surface area contributed by atoms with Gasteiger partial charge in [-0.15, -0.1) is 0 Å². The molecule has 15 heavy (non-hydrogen) atoms. The van der Waals surface area contributed by atoms with E-state index < -0.39 is 11.6 Å². The highest BCUT2D eigenvalue weighted by Crippen LogP contribution is 2.09. The summed E-state index contributed by atoms with van der Waals surface area (Å²) < 4.78 is 30.3. The maximum Gasteiger partial charge on any atom is 0.188 e. The Labute approximate surface area is 86.9 Å². The molecule has 0 aliphatic rings. The number of ether oxygens (including phenoxy) is 1. The van der Waals surface area contributed by atoms with E-state index in [1.165, 1.54) is 6.07 Å². The van der Waals surface area contributed by atoms with Crippen LogP contribution in [0.3, 0.4) is 0 Å². The standard InChI is InChI=1S/C11H12F2O2/c1-2-5-15-7-11(14)8-3-4-9(12)10(13)6-8/h3-4,6H,2,5,7H2,1H3. The van der Waals surface area contributed by atoms with Crippen molar-refractivity contribution in [2.75, 3.05) is 13.2 Å². The lowest BCUT2D eigenvalue weighted by Crippen LogP contribution is -2.10. The number of benzene rings is 1. The smallest absolute Gasteiger partial charge is 0.188 e. The van der Waals surface area contributed by atoms with Gasteiger partial charge in [0.1, 0.15) is 6.61 Å². The van der Waals surface area contributed by atoms with Crippen molar-refractivity contribution in [1.82, 2.24) is 0 Å². The summed E-state index contributed by atoms with van der Waals surface area (Å²) >= 11 is 0. The van der Waals surface area contributed by atoms with E-state index in [4.69, 9.17) is 4.74 Å². The van der Waals surface area contributed by atoms with Crippen molar-refractivity contribution in [3.63, 3.8) is 0 Å². The number of ketones is 1. The van der Waals surface area contributed by atoms with Crippen LogP contribution in [0, 0.1) is 11.6 Å². The third-order valence-corrected chi connectivity index (χ3v) is 1.82. The molecule has 2 nitrogen and oxygen atoms in total. The average Bonchev–Trinajstić information content (AvgIpc) is 2.22. The highest BCUT2D eigenvalue weighted by Gasteiger charge is 2.09. The maximum atomic E-state index is 12.8. The highest BCUT2D eigenvalue weighted by atomic mass is 19.2. The van der Waals surface area contributed by atoms with Crippen LogP contribution in [0.2, 0.25) is 0 Å². The molecule has 0 aliphatic carbocycles. The second-order valence-corrected chi connectivity index (χ2v) is 3.10. The Morgan fingerprint density at radius 2 is 2.07 bits per heavy atom. The lowest BCUT2D eigenvalue weighted by Gasteiger charge is -2.02. The van der Waals surface area contributed by atoms with Crippen molar-refractivity contribution >= 4 is 5.78 Å². The summed E-state index contributed by atoms with van der Waals surface area (Å²) in [7, 11) is 0. The van der Waals surface area contributed by atoms with E-state index in [0.29, 0.717) is 6.61 Å². The molecule has 0 saturated heterocycles. The number of hydrogen-bond donors (Lipinski definition) is 0. The minimum atomic E-state index is -1.02. The first-order chi connectivity index (χ1) is 7.15. The summed E-state index contributed by atoms with van der Waals surface area (Å²) in [5.74, 6) is -2.32. The number of carbonyl (C=O) groups is 1. The van der Waals surface area contributed by atoms with Crippen LogP contribution in [-0.2, 0) is 4.74 Å². The van der Waals surface area contributed by atoms with Gasteiger partial charge in [-0.2, -0.15) is 0 Å². The molecule has 0 spiro atoms. The Bertz CT molecular complexity index is 350. The van der Waals surface area contributed by atoms with Crippen LogP contribution in [0.1, 0.15) is 23.7 Å². The van der Waals surface area contributed by atoms with Crippen LogP contribution in [0.5, 0.6) is 0 Å². The van der Waals surface area contributed by atoms with Gasteiger partial charge in [0.05, 0.1) is 0 Å². The molecule has 0 fully saturated rings. The minimum Gasteiger partial charge on any atom is -0.373 e. The van der Waals surface area contributed by atoms with Gasteiger partial charge in [-0.3, -0.25) is 4.79 Å². The summed E-state index contributed by atoms with van der Waals surface area (Å²) in [6.07, 6.45) is 0.811. The topological polar surface area (TPSA) is 26.3 Å². The maximum absolute atomic E-state index is 12.8. The molecular formula is C11H12F2O2. The molecule has 0 N–H and O–H groups in total. The van der Waals surface area contributed by atoms with Gasteiger partial charge < -0.3 is 4.74 Å². The zero-order valence-electron chi connectivity index (χ0n) is 8.43. The third-order valence-electron chi connectivity index (χ3n) is 1.82. The Morgan fingerprint density at radius 3 is 2.67 bits per heavy atom. The van der Waals surface area contributed by atoms with E-state index in [-0.39, 0.29) is 18.0 Å². The second-order valence-electron chi connectivity index (χ2n) is 3.10. The van der Waals surface area contributed by atoms with E-state index in [1.807, 2.05) is 6.92 Å². The molecule has 0 unspecified atom stereocenters. The van der Waals surface area contributed by atoms with Crippen LogP contribution < -0.4 is 0 Å². The fraction of sp³-hybridized carbons (Fsp3) is 0.364. The van der Waals surface area contributed by atoms with Gasteiger partial charge >= 0.3 is 0 Å². The first kappa shape index (κ1) is 11.8. The van der Waals surface area contributed by atoms with E-state index in [9.17, 15) is 13.6 Å².